The third-order valence-electron chi connectivity index (χ3n) is 6.11. The van der Waals surface area contributed by atoms with Gasteiger partial charge in [0.25, 0.3) is 5.91 Å². The van der Waals surface area contributed by atoms with Crippen molar-refractivity contribution in [1.29, 1.82) is 0 Å². The average Bonchev–Trinajstić information content (AvgIpc) is 3.70. The fraction of sp³-hybridized carbons (Fsp3) is 0. The van der Waals surface area contributed by atoms with Crippen molar-refractivity contribution in [3.63, 3.8) is 0 Å². The van der Waals surface area contributed by atoms with Crippen molar-refractivity contribution in [2.24, 2.45) is 0 Å². The SMILES string of the molecule is Brc1cccc2[nH]ncc12.O=C(Nc1ccc2cc(-c3cccc4[nH]ncc34)ccc2c1)c1ccsc1. The Morgan fingerprint density at radius 1 is 0.811 bits per heavy atom. The fourth-order valence-electron chi connectivity index (χ4n) is 4.24. The maximum Gasteiger partial charge on any atom is 0.256 e. The molecule has 3 aromatic heterocycles. The molecule has 3 N–H and O–H groups in total. The molecule has 1 amide bonds. The van der Waals surface area contributed by atoms with Gasteiger partial charge in [-0.15, -0.1) is 0 Å². The van der Waals surface area contributed by atoms with Crippen molar-refractivity contribution < 1.29 is 4.79 Å². The topological polar surface area (TPSA) is 86.5 Å². The number of anilines is 1. The Balaban J connectivity index is 0.000000210. The number of aromatic nitrogens is 4. The van der Waals surface area contributed by atoms with E-state index < -0.39 is 0 Å². The first kappa shape index (κ1) is 23.1. The van der Waals surface area contributed by atoms with E-state index in [-0.39, 0.29) is 5.91 Å². The van der Waals surface area contributed by atoms with Crippen LogP contribution in [0, 0.1) is 0 Å². The Hall–Kier alpha value is -4.27. The van der Waals surface area contributed by atoms with Crippen LogP contribution >= 0.6 is 27.3 Å². The molecule has 0 aliphatic carbocycles. The number of amides is 1. The third-order valence-corrected chi connectivity index (χ3v) is 7.48. The van der Waals surface area contributed by atoms with Crippen LogP contribution in [-0.2, 0) is 0 Å². The van der Waals surface area contributed by atoms with E-state index in [0.717, 1.165) is 53.9 Å². The lowest BCUT2D eigenvalue weighted by Gasteiger charge is -2.08. The fourth-order valence-corrected chi connectivity index (χ4v) is 5.34. The summed E-state index contributed by atoms with van der Waals surface area (Å²) in [5.41, 5.74) is 5.86. The molecular formula is C29H20BrN5OS. The first-order chi connectivity index (χ1) is 18.2. The maximum absolute atomic E-state index is 12.2. The molecule has 8 heteroatoms. The first-order valence-corrected chi connectivity index (χ1v) is 13.3. The van der Waals surface area contributed by atoms with Gasteiger partial charge in [-0.3, -0.25) is 15.0 Å². The van der Waals surface area contributed by atoms with Crippen molar-refractivity contribution in [3.05, 3.63) is 112 Å². The maximum atomic E-state index is 12.2. The molecule has 0 unspecified atom stereocenters. The van der Waals surface area contributed by atoms with Crippen LogP contribution in [0.15, 0.2) is 106 Å². The molecule has 0 spiro atoms. The zero-order valence-corrected chi connectivity index (χ0v) is 21.8. The van der Waals surface area contributed by atoms with Crippen molar-refractivity contribution in [2.75, 3.05) is 5.32 Å². The van der Waals surface area contributed by atoms with Gasteiger partial charge in [0.05, 0.1) is 29.0 Å². The molecule has 6 nitrogen and oxygen atoms in total. The molecule has 180 valence electrons. The van der Waals surface area contributed by atoms with Gasteiger partial charge in [0.1, 0.15) is 0 Å². The number of carbonyl (C=O) groups excluding carboxylic acids is 1. The van der Waals surface area contributed by atoms with Crippen LogP contribution in [-0.4, -0.2) is 26.3 Å². The number of hydrogen-bond donors (Lipinski definition) is 3. The molecule has 3 heterocycles. The van der Waals surface area contributed by atoms with E-state index in [1.54, 1.807) is 6.20 Å². The summed E-state index contributed by atoms with van der Waals surface area (Å²) in [6, 6.07) is 26.3. The third kappa shape index (κ3) is 4.76. The Bertz CT molecular complexity index is 1860. The molecule has 7 rings (SSSR count). The van der Waals surface area contributed by atoms with Crippen LogP contribution in [0.4, 0.5) is 5.69 Å². The van der Waals surface area contributed by atoms with E-state index in [2.05, 4.69) is 65.9 Å². The van der Waals surface area contributed by atoms with Crippen LogP contribution in [0.2, 0.25) is 0 Å². The zero-order chi connectivity index (χ0) is 25.2. The van der Waals surface area contributed by atoms with Gasteiger partial charge in [0.2, 0.25) is 0 Å². The average molecular weight is 566 g/mol. The van der Waals surface area contributed by atoms with E-state index in [9.17, 15) is 4.79 Å². The van der Waals surface area contributed by atoms with Crippen LogP contribution in [0.3, 0.4) is 0 Å². The van der Waals surface area contributed by atoms with E-state index in [4.69, 9.17) is 0 Å². The smallest absolute Gasteiger partial charge is 0.256 e. The summed E-state index contributed by atoms with van der Waals surface area (Å²) < 4.78 is 1.08. The number of halogens is 1. The van der Waals surface area contributed by atoms with Gasteiger partial charge < -0.3 is 5.32 Å². The first-order valence-electron chi connectivity index (χ1n) is 11.5. The highest BCUT2D eigenvalue weighted by Gasteiger charge is 2.09. The van der Waals surface area contributed by atoms with Gasteiger partial charge in [0.15, 0.2) is 0 Å². The second-order valence-corrected chi connectivity index (χ2v) is 10.1. The van der Waals surface area contributed by atoms with Crippen LogP contribution < -0.4 is 5.32 Å². The summed E-state index contributed by atoms with van der Waals surface area (Å²) in [6.07, 6.45) is 3.66. The Labute approximate surface area is 224 Å². The molecule has 0 saturated carbocycles. The number of nitrogens with zero attached hydrogens (tertiary/aromatic N) is 2. The Kier molecular flexibility index (Phi) is 6.26. The summed E-state index contributed by atoms with van der Waals surface area (Å²) in [5.74, 6) is -0.0844. The van der Waals surface area contributed by atoms with E-state index in [1.165, 1.54) is 11.3 Å². The lowest BCUT2D eigenvalue weighted by molar-refractivity contribution is 0.102. The largest absolute Gasteiger partial charge is 0.322 e. The number of hydrogen-bond acceptors (Lipinski definition) is 4. The number of nitrogens with one attached hydrogen (secondary N) is 3. The quantitative estimate of drug-likeness (QED) is 0.202. The van der Waals surface area contributed by atoms with E-state index >= 15 is 0 Å². The van der Waals surface area contributed by atoms with Crippen molar-refractivity contribution in [3.8, 4) is 11.1 Å². The van der Waals surface area contributed by atoms with Gasteiger partial charge >= 0.3 is 0 Å². The summed E-state index contributed by atoms with van der Waals surface area (Å²) >= 11 is 4.93. The predicted octanol–water partition coefficient (Wildman–Crippen LogP) is 8.02. The lowest BCUT2D eigenvalue weighted by atomic mass is 9.98. The second kappa shape index (κ2) is 10.0. The number of H-pyrrole nitrogens is 2. The van der Waals surface area contributed by atoms with Crippen LogP contribution in [0.1, 0.15) is 10.4 Å². The molecule has 0 saturated heterocycles. The highest BCUT2D eigenvalue weighted by Crippen LogP contribution is 2.31. The van der Waals surface area contributed by atoms with Crippen LogP contribution in [0.5, 0.6) is 0 Å². The van der Waals surface area contributed by atoms with Gasteiger partial charge in [-0.2, -0.15) is 21.5 Å². The van der Waals surface area contributed by atoms with Gasteiger partial charge in [-0.05, 0) is 69.7 Å². The van der Waals surface area contributed by atoms with Crippen LogP contribution in [0.25, 0.3) is 43.7 Å². The number of benzene rings is 4. The molecule has 0 aliphatic rings. The summed E-state index contributed by atoms with van der Waals surface area (Å²) in [7, 11) is 0. The highest BCUT2D eigenvalue weighted by atomic mass is 79.9. The van der Waals surface area contributed by atoms with E-state index in [0.29, 0.717) is 5.56 Å². The second-order valence-electron chi connectivity index (χ2n) is 8.45. The molecular weight excluding hydrogens is 546 g/mol. The Morgan fingerprint density at radius 2 is 1.54 bits per heavy atom. The molecule has 0 bridgehead atoms. The molecule has 4 aromatic carbocycles. The number of fused-ring (bicyclic) bond motifs is 3. The monoisotopic (exact) mass is 565 g/mol. The standard InChI is InChI=1S/C22H15N3OS.C7H5BrN2/c26-22(17-8-9-27-13-17)24-18-7-6-14-10-16(5-4-15(14)11-18)19-2-1-3-21-20(19)12-23-25-21;8-6-2-1-3-7-5(6)4-9-10-7/h1-13H,(H,23,25)(H,24,26);1-4H,(H,9,10). The van der Waals surface area contributed by atoms with Gasteiger partial charge in [-0.1, -0.05) is 52.3 Å². The molecule has 37 heavy (non-hydrogen) atoms. The molecule has 0 fully saturated rings. The van der Waals surface area contributed by atoms with E-state index in [1.807, 2.05) is 71.6 Å². The van der Waals surface area contributed by atoms with Gasteiger partial charge in [-0.25, -0.2) is 0 Å². The molecule has 0 aliphatic heterocycles. The molecule has 7 aromatic rings. The summed E-state index contributed by atoms with van der Waals surface area (Å²) in [5, 5.41) is 25.1. The van der Waals surface area contributed by atoms with Crippen molar-refractivity contribution in [1.82, 2.24) is 20.4 Å². The summed E-state index contributed by atoms with van der Waals surface area (Å²) in [6.45, 7) is 0. The number of aromatic amines is 2. The minimum Gasteiger partial charge on any atom is -0.322 e. The van der Waals surface area contributed by atoms with Crippen molar-refractivity contribution >= 4 is 71.4 Å². The number of carbonyl (C=O) groups is 1. The minimum atomic E-state index is -0.0844. The Morgan fingerprint density at radius 3 is 2.32 bits per heavy atom. The van der Waals surface area contributed by atoms with Crippen molar-refractivity contribution in [2.45, 2.75) is 0 Å². The number of thiophene rings is 1. The highest BCUT2D eigenvalue weighted by molar-refractivity contribution is 9.10. The summed E-state index contributed by atoms with van der Waals surface area (Å²) in [4.78, 5) is 12.2. The predicted molar refractivity (Wildman–Crippen MR) is 155 cm³/mol. The molecule has 0 atom stereocenters. The normalized spacial score (nSPS) is 10.9. The minimum absolute atomic E-state index is 0.0844. The zero-order valence-electron chi connectivity index (χ0n) is 19.4. The van der Waals surface area contributed by atoms with Gasteiger partial charge in [0, 0.05) is 26.3 Å². The lowest BCUT2D eigenvalue weighted by Crippen LogP contribution is -2.10. The molecule has 0 radical (unpaired) electrons. The number of rotatable bonds is 3.